The molecule has 2 N–H and O–H groups in total. The number of carbonyl (C=O) groups is 2. The third-order valence-corrected chi connectivity index (χ3v) is 3.06. The topological polar surface area (TPSA) is 69.6 Å². The molecule has 110 valence electrons. The van der Waals surface area contributed by atoms with E-state index in [0.29, 0.717) is 6.42 Å². The van der Waals surface area contributed by atoms with E-state index in [2.05, 4.69) is 5.32 Å². The molecule has 0 radical (unpaired) electrons. The maximum Gasteiger partial charge on any atom is 0.323 e. The number of carboxylic acids is 1. The standard InChI is InChI=1S/C14H19FN2O3/c1-4-10(3)17(8-13(18)19)14(20)16-12-6-5-9(2)7-11(12)15/h5-7,10H,4,8H2,1-3H3,(H,16,20)(H,18,19). The Morgan fingerprint density at radius 3 is 2.60 bits per heavy atom. The molecule has 0 aromatic heterocycles. The number of hydrogen-bond acceptors (Lipinski definition) is 2. The van der Waals surface area contributed by atoms with Crippen molar-refractivity contribution in [3.8, 4) is 0 Å². The number of carbonyl (C=O) groups excluding carboxylic acids is 1. The van der Waals surface area contributed by atoms with Crippen molar-refractivity contribution in [2.24, 2.45) is 0 Å². The zero-order chi connectivity index (χ0) is 15.3. The largest absolute Gasteiger partial charge is 0.480 e. The lowest BCUT2D eigenvalue weighted by atomic mass is 10.2. The van der Waals surface area contributed by atoms with Crippen LogP contribution in [0.3, 0.4) is 0 Å². The SMILES string of the molecule is CCC(C)N(CC(=O)O)C(=O)Nc1ccc(C)cc1F. The van der Waals surface area contributed by atoms with Gasteiger partial charge in [-0.15, -0.1) is 0 Å². The summed E-state index contributed by atoms with van der Waals surface area (Å²) in [5.41, 5.74) is 0.782. The van der Waals surface area contributed by atoms with Gasteiger partial charge in [-0.25, -0.2) is 9.18 Å². The fourth-order valence-corrected chi connectivity index (χ4v) is 1.70. The summed E-state index contributed by atoms with van der Waals surface area (Å²) in [6.07, 6.45) is 0.608. The fraction of sp³-hybridized carbons (Fsp3) is 0.429. The van der Waals surface area contributed by atoms with E-state index in [9.17, 15) is 14.0 Å². The summed E-state index contributed by atoms with van der Waals surface area (Å²) in [6.45, 7) is 4.91. The van der Waals surface area contributed by atoms with Crippen LogP contribution in [0.25, 0.3) is 0 Å². The Hall–Kier alpha value is -2.11. The van der Waals surface area contributed by atoms with Gasteiger partial charge < -0.3 is 15.3 Å². The fourth-order valence-electron chi connectivity index (χ4n) is 1.70. The molecule has 0 saturated heterocycles. The predicted molar refractivity (Wildman–Crippen MR) is 74.3 cm³/mol. The molecule has 0 aliphatic rings. The smallest absolute Gasteiger partial charge is 0.323 e. The average molecular weight is 282 g/mol. The minimum absolute atomic E-state index is 0.0410. The summed E-state index contributed by atoms with van der Waals surface area (Å²) in [7, 11) is 0. The molecule has 1 aromatic rings. The number of hydrogen-bond donors (Lipinski definition) is 2. The first-order chi connectivity index (χ1) is 9.35. The molecule has 6 heteroatoms. The first-order valence-corrected chi connectivity index (χ1v) is 6.40. The summed E-state index contributed by atoms with van der Waals surface area (Å²) >= 11 is 0. The molecule has 0 fully saturated rings. The molecule has 1 unspecified atom stereocenters. The van der Waals surface area contributed by atoms with Gasteiger partial charge in [-0.05, 0) is 38.0 Å². The Bertz CT molecular complexity index is 505. The summed E-state index contributed by atoms with van der Waals surface area (Å²) in [5.74, 6) is -1.65. The predicted octanol–water partition coefficient (Wildman–Crippen LogP) is 2.85. The Morgan fingerprint density at radius 1 is 1.45 bits per heavy atom. The van der Waals surface area contributed by atoms with Gasteiger partial charge in [0.05, 0.1) is 5.69 Å². The van der Waals surface area contributed by atoms with Crippen LogP contribution in [0.15, 0.2) is 18.2 Å². The zero-order valence-corrected chi connectivity index (χ0v) is 11.8. The van der Waals surface area contributed by atoms with Gasteiger partial charge in [0.1, 0.15) is 12.4 Å². The van der Waals surface area contributed by atoms with Crippen molar-refractivity contribution in [2.75, 3.05) is 11.9 Å². The number of carboxylic acid groups (broad SMARTS) is 1. The number of halogens is 1. The van der Waals surface area contributed by atoms with E-state index in [1.165, 1.54) is 17.0 Å². The lowest BCUT2D eigenvalue weighted by Crippen LogP contribution is -2.44. The molecular weight excluding hydrogens is 263 g/mol. The van der Waals surface area contributed by atoms with Crippen LogP contribution in [0.4, 0.5) is 14.9 Å². The molecule has 2 amide bonds. The van der Waals surface area contributed by atoms with Gasteiger partial charge in [0.2, 0.25) is 0 Å². The molecule has 0 bridgehead atoms. The number of amides is 2. The third kappa shape index (κ3) is 4.22. The molecule has 0 spiro atoms. The number of nitrogens with zero attached hydrogens (tertiary/aromatic N) is 1. The lowest BCUT2D eigenvalue weighted by molar-refractivity contribution is -0.138. The third-order valence-electron chi connectivity index (χ3n) is 3.06. The Labute approximate surface area is 117 Å². The molecule has 1 rings (SSSR count). The van der Waals surface area contributed by atoms with Crippen molar-refractivity contribution in [2.45, 2.75) is 33.2 Å². The van der Waals surface area contributed by atoms with E-state index in [1.807, 2.05) is 6.92 Å². The Morgan fingerprint density at radius 2 is 2.10 bits per heavy atom. The van der Waals surface area contributed by atoms with Crippen molar-refractivity contribution in [3.63, 3.8) is 0 Å². The van der Waals surface area contributed by atoms with Crippen LogP contribution in [-0.2, 0) is 4.79 Å². The normalized spacial score (nSPS) is 11.8. The van der Waals surface area contributed by atoms with E-state index in [0.717, 1.165) is 5.56 Å². The van der Waals surface area contributed by atoms with Gasteiger partial charge in [-0.3, -0.25) is 4.79 Å². The minimum atomic E-state index is -1.11. The molecule has 0 saturated carbocycles. The first kappa shape index (κ1) is 15.9. The average Bonchev–Trinajstić information content (AvgIpc) is 2.38. The second-order valence-electron chi connectivity index (χ2n) is 4.69. The highest BCUT2D eigenvalue weighted by molar-refractivity contribution is 5.91. The lowest BCUT2D eigenvalue weighted by Gasteiger charge is -2.27. The van der Waals surface area contributed by atoms with Gasteiger partial charge in [0.15, 0.2) is 0 Å². The van der Waals surface area contributed by atoms with Crippen LogP contribution in [-0.4, -0.2) is 34.6 Å². The summed E-state index contributed by atoms with van der Waals surface area (Å²) < 4.78 is 13.7. The van der Waals surface area contributed by atoms with E-state index >= 15 is 0 Å². The molecule has 0 aliphatic carbocycles. The first-order valence-electron chi connectivity index (χ1n) is 6.40. The Kier molecular flexibility index (Phi) is 5.49. The van der Waals surface area contributed by atoms with Crippen molar-refractivity contribution < 1.29 is 19.1 Å². The maximum atomic E-state index is 13.7. The summed E-state index contributed by atoms with van der Waals surface area (Å²) in [6, 6.07) is 3.56. The highest BCUT2D eigenvalue weighted by Gasteiger charge is 2.22. The van der Waals surface area contributed by atoms with Gasteiger partial charge in [-0.1, -0.05) is 13.0 Å². The van der Waals surface area contributed by atoms with Gasteiger partial charge in [0.25, 0.3) is 0 Å². The zero-order valence-electron chi connectivity index (χ0n) is 11.8. The van der Waals surface area contributed by atoms with Gasteiger partial charge in [-0.2, -0.15) is 0 Å². The van der Waals surface area contributed by atoms with Gasteiger partial charge >= 0.3 is 12.0 Å². The monoisotopic (exact) mass is 282 g/mol. The van der Waals surface area contributed by atoms with Crippen LogP contribution in [0.2, 0.25) is 0 Å². The molecule has 1 atom stereocenters. The molecule has 0 aliphatic heterocycles. The van der Waals surface area contributed by atoms with Crippen molar-refractivity contribution in [3.05, 3.63) is 29.6 Å². The van der Waals surface area contributed by atoms with E-state index in [-0.39, 0.29) is 11.7 Å². The summed E-state index contributed by atoms with van der Waals surface area (Å²) in [5, 5.41) is 11.2. The molecule has 1 aromatic carbocycles. The van der Waals surface area contributed by atoms with E-state index in [1.54, 1.807) is 19.9 Å². The minimum Gasteiger partial charge on any atom is -0.480 e. The van der Waals surface area contributed by atoms with Gasteiger partial charge in [0, 0.05) is 6.04 Å². The number of urea groups is 1. The van der Waals surface area contributed by atoms with Crippen LogP contribution in [0.5, 0.6) is 0 Å². The summed E-state index contributed by atoms with van der Waals surface area (Å²) in [4.78, 5) is 24.0. The number of aliphatic carboxylic acids is 1. The molecule has 0 heterocycles. The van der Waals surface area contributed by atoms with E-state index in [4.69, 9.17) is 5.11 Å². The second-order valence-corrected chi connectivity index (χ2v) is 4.69. The highest BCUT2D eigenvalue weighted by Crippen LogP contribution is 2.16. The van der Waals surface area contributed by atoms with Crippen LogP contribution in [0.1, 0.15) is 25.8 Å². The molecular formula is C14H19FN2O3. The number of rotatable bonds is 5. The number of benzene rings is 1. The Balaban J connectivity index is 2.87. The number of anilines is 1. The van der Waals surface area contributed by atoms with Crippen LogP contribution in [0, 0.1) is 12.7 Å². The number of nitrogens with one attached hydrogen (secondary N) is 1. The van der Waals surface area contributed by atoms with Crippen LogP contribution < -0.4 is 5.32 Å². The second kappa shape index (κ2) is 6.88. The van der Waals surface area contributed by atoms with Crippen LogP contribution >= 0.6 is 0 Å². The number of aryl methyl sites for hydroxylation is 1. The van der Waals surface area contributed by atoms with E-state index < -0.39 is 24.4 Å². The molecule has 5 nitrogen and oxygen atoms in total. The highest BCUT2D eigenvalue weighted by atomic mass is 19.1. The van der Waals surface area contributed by atoms with Crippen molar-refractivity contribution in [1.82, 2.24) is 4.90 Å². The molecule has 20 heavy (non-hydrogen) atoms. The van der Waals surface area contributed by atoms with Crippen molar-refractivity contribution >= 4 is 17.7 Å². The maximum absolute atomic E-state index is 13.7. The van der Waals surface area contributed by atoms with Crippen molar-refractivity contribution in [1.29, 1.82) is 0 Å². The quantitative estimate of drug-likeness (QED) is 0.872.